The molecule has 0 aliphatic heterocycles. The lowest BCUT2D eigenvalue weighted by molar-refractivity contribution is 0.589. The molecule has 0 radical (unpaired) electrons. The molecule has 0 unspecified atom stereocenters. The van der Waals surface area contributed by atoms with Crippen molar-refractivity contribution in [2.24, 2.45) is 0 Å². The quantitative estimate of drug-likeness (QED) is 0.731. The minimum Gasteiger partial charge on any atom is -0.241 e. The van der Waals surface area contributed by atoms with Crippen molar-refractivity contribution in [1.29, 1.82) is 0 Å². The van der Waals surface area contributed by atoms with Crippen LogP contribution in [0.2, 0.25) is 0 Å². The van der Waals surface area contributed by atoms with E-state index in [0.717, 1.165) is 16.5 Å². The summed E-state index contributed by atoms with van der Waals surface area (Å²) in [7, 11) is -3.54. The van der Waals surface area contributed by atoms with E-state index in [1.54, 1.807) is 18.3 Å². The van der Waals surface area contributed by atoms with Crippen LogP contribution < -0.4 is 0 Å². The number of hydrogen-bond acceptors (Lipinski definition) is 2. The maximum atomic E-state index is 12.8. The Bertz CT molecular complexity index is 948. The molecule has 22 heavy (non-hydrogen) atoms. The van der Waals surface area contributed by atoms with Crippen LogP contribution in [-0.2, 0) is 10.0 Å². The normalized spacial score (nSPS) is 15.3. The van der Waals surface area contributed by atoms with Crippen molar-refractivity contribution in [3.05, 3.63) is 65.9 Å². The van der Waals surface area contributed by atoms with Crippen LogP contribution in [0.4, 0.5) is 0 Å². The highest BCUT2D eigenvalue weighted by Gasteiger charge is 2.24. The predicted octanol–water partition coefficient (Wildman–Crippen LogP) is 4.06. The lowest BCUT2D eigenvalue weighted by Crippen LogP contribution is -2.11. The molecule has 4 heteroatoms. The minimum absolute atomic E-state index is 0.321. The van der Waals surface area contributed by atoms with Crippen LogP contribution >= 0.6 is 0 Å². The topological polar surface area (TPSA) is 39.1 Å². The van der Waals surface area contributed by atoms with Gasteiger partial charge in [0.1, 0.15) is 0 Å². The Kier molecular flexibility index (Phi) is 2.91. The summed E-state index contributed by atoms with van der Waals surface area (Å²) in [6.07, 6.45) is 4.14. The summed E-state index contributed by atoms with van der Waals surface area (Å²) < 4.78 is 27.0. The number of fused-ring (bicyclic) bond motifs is 1. The zero-order valence-corrected chi connectivity index (χ0v) is 13.2. The van der Waals surface area contributed by atoms with Crippen LogP contribution in [0, 0.1) is 6.92 Å². The molecule has 1 aliphatic rings. The highest BCUT2D eigenvalue weighted by atomic mass is 32.2. The van der Waals surface area contributed by atoms with Gasteiger partial charge in [0, 0.05) is 11.6 Å². The molecule has 3 nitrogen and oxygen atoms in total. The van der Waals surface area contributed by atoms with Crippen molar-refractivity contribution in [2.75, 3.05) is 0 Å². The average molecular weight is 311 g/mol. The van der Waals surface area contributed by atoms with E-state index in [9.17, 15) is 8.42 Å². The molecule has 3 aromatic rings. The van der Waals surface area contributed by atoms with E-state index in [0.29, 0.717) is 10.8 Å². The van der Waals surface area contributed by atoms with Crippen molar-refractivity contribution in [3.63, 3.8) is 0 Å². The summed E-state index contributed by atoms with van der Waals surface area (Å²) in [5.74, 6) is 0.668. The number of nitrogens with zero attached hydrogens (tertiary/aromatic N) is 1. The highest BCUT2D eigenvalue weighted by Crippen LogP contribution is 2.41. The smallest absolute Gasteiger partial charge is 0.241 e. The zero-order chi connectivity index (χ0) is 15.3. The summed E-state index contributed by atoms with van der Waals surface area (Å²) >= 11 is 0. The Hall–Kier alpha value is -2.07. The van der Waals surface area contributed by atoms with Crippen LogP contribution in [0.25, 0.3) is 10.9 Å². The van der Waals surface area contributed by atoms with Crippen LogP contribution in [0.1, 0.15) is 29.9 Å². The van der Waals surface area contributed by atoms with Crippen LogP contribution in [0.3, 0.4) is 0 Å². The van der Waals surface area contributed by atoms with Gasteiger partial charge in [0.05, 0.1) is 10.4 Å². The Morgan fingerprint density at radius 3 is 2.41 bits per heavy atom. The van der Waals surface area contributed by atoms with E-state index in [1.807, 2.05) is 31.2 Å². The molecule has 1 saturated carbocycles. The summed E-state index contributed by atoms with van der Waals surface area (Å²) in [5, 5.41) is 0.986. The van der Waals surface area contributed by atoms with Crippen molar-refractivity contribution in [1.82, 2.24) is 3.97 Å². The Labute approximate surface area is 130 Å². The zero-order valence-electron chi connectivity index (χ0n) is 12.4. The first-order valence-electron chi connectivity index (χ1n) is 7.49. The Balaban J connectivity index is 1.84. The second kappa shape index (κ2) is 4.71. The van der Waals surface area contributed by atoms with Crippen molar-refractivity contribution in [2.45, 2.75) is 30.6 Å². The molecule has 112 valence electrons. The first kappa shape index (κ1) is 13.6. The standard InChI is InChI=1S/C18H17NO2S/c1-13-2-7-17(8-3-13)22(20,21)19-11-10-16-12-15(14-4-5-14)6-9-18(16)19/h2-3,6-12,14H,4-5H2,1H3. The molecule has 0 saturated heterocycles. The van der Waals surface area contributed by atoms with Crippen LogP contribution in [-0.4, -0.2) is 12.4 Å². The molecule has 0 bridgehead atoms. The summed E-state index contributed by atoms with van der Waals surface area (Å²) in [4.78, 5) is 0.321. The van der Waals surface area contributed by atoms with Crippen LogP contribution in [0.15, 0.2) is 59.6 Å². The van der Waals surface area contributed by atoms with Crippen molar-refractivity contribution < 1.29 is 8.42 Å². The van der Waals surface area contributed by atoms with Gasteiger partial charge in [0.15, 0.2) is 0 Å². The van der Waals surface area contributed by atoms with E-state index >= 15 is 0 Å². The maximum Gasteiger partial charge on any atom is 0.268 e. The summed E-state index contributed by atoms with van der Waals surface area (Å²) in [5.41, 5.74) is 3.10. The van der Waals surface area contributed by atoms with E-state index < -0.39 is 10.0 Å². The third-order valence-corrected chi connectivity index (χ3v) is 6.01. The van der Waals surface area contributed by atoms with Gasteiger partial charge in [-0.05, 0) is 61.6 Å². The number of hydrogen-bond donors (Lipinski definition) is 0. The third-order valence-electron chi connectivity index (χ3n) is 4.31. The monoisotopic (exact) mass is 311 g/mol. The van der Waals surface area contributed by atoms with E-state index in [2.05, 4.69) is 12.1 Å². The average Bonchev–Trinajstić information content (AvgIpc) is 3.26. The maximum absolute atomic E-state index is 12.8. The molecule has 2 aromatic carbocycles. The summed E-state index contributed by atoms with van der Waals surface area (Å²) in [6.45, 7) is 1.95. The Morgan fingerprint density at radius 1 is 1.00 bits per heavy atom. The van der Waals surface area contributed by atoms with Gasteiger partial charge in [-0.25, -0.2) is 12.4 Å². The van der Waals surface area contributed by atoms with Gasteiger partial charge in [-0.1, -0.05) is 23.8 Å². The molecular formula is C18H17NO2S. The molecule has 4 rings (SSSR count). The number of aryl methyl sites for hydroxylation is 1. The molecule has 1 aliphatic carbocycles. The lowest BCUT2D eigenvalue weighted by atomic mass is 10.1. The fourth-order valence-electron chi connectivity index (χ4n) is 2.84. The minimum atomic E-state index is -3.54. The molecule has 1 aromatic heterocycles. The van der Waals surface area contributed by atoms with Gasteiger partial charge in [-0.2, -0.15) is 0 Å². The van der Waals surface area contributed by atoms with E-state index in [-0.39, 0.29) is 0 Å². The lowest BCUT2D eigenvalue weighted by Gasteiger charge is -2.08. The van der Waals surface area contributed by atoms with Gasteiger partial charge < -0.3 is 0 Å². The Morgan fingerprint density at radius 2 is 1.73 bits per heavy atom. The first-order valence-corrected chi connectivity index (χ1v) is 8.93. The molecule has 1 heterocycles. The summed E-state index contributed by atoms with van der Waals surface area (Å²) in [6, 6.07) is 15.0. The van der Waals surface area contributed by atoms with Gasteiger partial charge in [-0.15, -0.1) is 0 Å². The SMILES string of the molecule is Cc1ccc(S(=O)(=O)n2ccc3cc(C4CC4)ccc32)cc1. The molecular weight excluding hydrogens is 294 g/mol. The second-order valence-electron chi connectivity index (χ2n) is 6.02. The predicted molar refractivity (Wildman–Crippen MR) is 87.7 cm³/mol. The fourth-order valence-corrected chi connectivity index (χ4v) is 4.19. The fraction of sp³-hybridized carbons (Fsp3) is 0.222. The molecule has 0 spiro atoms. The number of rotatable bonds is 3. The number of benzene rings is 2. The molecule has 0 amide bonds. The number of aromatic nitrogens is 1. The highest BCUT2D eigenvalue weighted by molar-refractivity contribution is 7.90. The molecule has 0 atom stereocenters. The third kappa shape index (κ3) is 2.15. The van der Waals surface area contributed by atoms with Gasteiger partial charge in [0.25, 0.3) is 10.0 Å². The van der Waals surface area contributed by atoms with E-state index in [1.165, 1.54) is 22.4 Å². The molecule has 1 fully saturated rings. The van der Waals surface area contributed by atoms with Gasteiger partial charge in [0.2, 0.25) is 0 Å². The first-order chi connectivity index (χ1) is 10.6. The molecule has 0 N–H and O–H groups in total. The van der Waals surface area contributed by atoms with Crippen molar-refractivity contribution in [3.8, 4) is 0 Å². The van der Waals surface area contributed by atoms with Gasteiger partial charge >= 0.3 is 0 Å². The van der Waals surface area contributed by atoms with E-state index in [4.69, 9.17) is 0 Å². The van der Waals surface area contributed by atoms with Crippen molar-refractivity contribution >= 4 is 20.9 Å². The second-order valence-corrected chi connectivity index (χ2v) is 7.84. The van der Waals surface area contributed by atoms with Crippen LogP contribution in [0.5, 0.6) is 0 Å². The van der Waals surface area contributed by atoms with Gasteiger partial charge in [-0.3, -0.25) is 0 Å². The largest absolute Gasteiger partial charge is 0.268 e.